The van der Waals surface area contributed by atoms with Crippen molar-refractivity contribution >= 4 is 17.7 Å². The summed E-state index contributed by atoms with van der Waals surface area (Å²) in [6.07, 6.45) is 0.284. The summed E-state index contributed by atoms with van der Waals surface area (Å²) < 4.78 is 28.4. The van der Waals surface area contributed by atoms with Crippen LogP contribution in [-0.2, 0) is 32.2 Å². The lowest BCUT2D eigenvalue weighted by molar-refractivity contribution is -0.161. The fraction of sp³-hybridized carbons (Fsp3) is 0.414. The third-order valence-electron chi connectivity index (χ3n) is 7.12. The van der Waals surface area contributed by atoms with Crippen LogP contribution in [0.2, 0.25) is 0 Å². The maximum atomic E-state index is 12.5. The van der Waals surface area contributed by atoms with Crippen LogP contribution in [-0.4, -0.2) is 61.8 Å². The van der Waals surface area contributed by atoms with Crippen LogP contribution in [0.5, 0.6) is 23.0 Å². The summed E-state index contributed by atoms with van der Waals surface area (Å²) in [6.45, 7) is 5.77. The zero-order chi connectivity index (χ0) is 28.4. The van der Waals surface area contributed by atoms with Crippen molar-refractivity contribution in [3.05, 3.63) is 58.7 Å². The summed E-state index contributed by atoms with van der Waals surface area (Å²) in [7, 11) is 1.53. The molecule has 0 bridgehead atoms. The molecule has 3 aliphatic rings. The minimum atomic E-state index is -0.818. The number of benzene rings is 2. The van der Waals surface area contributed by atoms with E-state index in [0.717, 1.165) is 16.7 Å². The number of aliphatic hydroxyl groups is 1. The second-order valence-electron chi connectivity index (χ2n) is 9.87. The molecule has 40 heavy (non-hydrogen) atoms. The number of rotatable bonds is 10. The molecule has 11 heteroatoms. The van der Waals surface area contributed by atoms with Crippen LogP contribution in [0.3, 0.4) is 0 Å². The number of aliphatic hydroxyl groups excluding tert-OH is 1. The summed E-state index contributed by atoms with van der Waals surface area (Å²) in [6, 6.07) is 7.22. The number of carbonyl (C=O) groups excluding carboxylic acids is 2. The molecule has 3 aliphatic heterocycles. The van der Waals surface area contributed by atoms with Gasteiger partial charge < -0.3 is 39.4 Å². The Labute approximate surface area is 231 Å². The Hall–Kier alpha value is -4.09. The van der Waals surface area contributed by atoms with Gasteiger partial charge in [-0.2, -0.15) is 0 Å². The Bertz CT molecular complexity index is 1370. The Morgan fingerprint density at radius 1 is 1.23 bits per heavy atom. The van der Waals surface area contributed by atoms with Crippen LogP contribution in [0.1, 0.15) is 47.9 Å². The Balaban J connectivity index is 1.49. The van der Waals surface area contributed by atoms with E-state index in [9.17, 15) is 14.7 Å². The van der Waals surface area contributed by atoms with Crippen molar-refractivity contribution in [2.75, 3.05) is 26.9 Å². The number of esters is 2. The van der Waals surface area contributed by atoms with Crippen molar-refractivity contribution in [1.82, 2.24) is 0 Å². The standard InChI is InChI=1S/C29H32N2O9/c1-15(2)21-11-19-20(38-21)7-6-17(29(19)37-14-26(34)39-25(33)5-4-8-30)28-27-18-10-22(35-3)16(12-32)9-23(18)36-13-24(27)40-31-28/h6-7,9-10,21,24,27,32H,1,4-5,8,11-14,30H2,2-3H3/t21-,24?,27?/m1/s1. The van der Waals surface area contributed by atoms with Crippen LogP contribution in [0.4, 0.5) is 0 Å². The van der Waals surface area contributed by atoms with E-state index < -0.39 is 24.6 Å². The van der Waals surface area contributed by atoms with E-state index in [4.69, 9.17) is 34.3 Å². The predicted molar refractivity (Wildman–Crippen MR) is 143 cm³/mol. The van der Waals surface area contributed by atoms with Gasteiger partial charge in [-0.15, -0.1) is 0 Å². The van der Waals surface area contributed by atoms with Gasteiger partial charge in [0.15, 0.2) is 12.7 Å². The average molecular weight is 553 g/mol. The molecule has 212 valence electrons. The fourth-order valence-electron chi connectivity index (χ4n) is 5.10. The minimum Gasteiger partial charge on any atom is -0.496 e. The molecule has 5 rings (SSSR count). The van der Waals surface area contributed by atoms with E-state index in [1.807, 2.05) is 25.1 Å². The molecule has 2 aromatic rings. The van der Waals surface area contributed by atoms with Gasteiger partial charge in [0.25, 0.3) is 0 Å². The van der Waals surface area contributed by atoms with E-state index in [0.29, 0.717) is 59.2 Å². The van der Waals surface area contributed by atoms with E-state index in [2.05, 4.69) is 11.7 Å². The van der Waals surface area contributed by atoms with Crippen LogP contribution in [0, 0.1) is 0 Å². The van der Waals surface area contributed by atoms with E-state index >= 15 is 0 Å². The summed E-state index contributed by atoms with van der Waals surface area (Å²) >= 11 is 0. The van der Waals surface area contributed by atoms with Gasteiger partial charge in [-0.1, -0.05) is 11.7 Å². The molecular formula is C29H32N2O9. The first-order valence-corrected chi connectivity index (χ1v) is 13.1. The van der Waals surface area contributed by atoms with Gasteiger partial charge >= 0.3 is 11.9 Å². The lowest BCUT2D eigenvalue weighted by Crippen LogP contribution is -2.33. The molecular weight excluding hydrogens is 520 g/mol. The van der Waals surface area contributed by atoms with Gasteiger partial charge in [0.1, 0.15) is 41.4 Å². The Morgan fingerprint density at radius 2 is 2.05 bits per heavy atom. The molecule has 0 radical (unpaired) electrons. The van der Waals surface area contributed by atoms with Crippen LogP contribution < -0.4 is 24.7 Å². The van der Waals surface area contributed by atoms with Gasteiger partial charge in [0.2, 0.25) is 0 Å². The van der Waals surface area contributed by atoms with E-state index in [1.54, 1.807) is 6.07 Å². The molecule has 3 atom stereocenters. The zero-order valence-electron chi connectivity index (χ0n) is 22.4. The largest absolute Gasteiger partial charge is 0.496 e. The topological polar surface area (TPSA) is 148 Å². The quantitative estimate of drug-likeness (QED) is 0.256. The number of hydrogen-bond donors (Lipinski definition) is 2. The van der Waals surface area contributed by atoms with Crippen molar-refractivity contribution < 1.29 is 43.2 Å². The summed E-state index contributed by atoms with van der Waals surface area (Å²) in [5.41, 5.74) is 9.60. The molecule has 0 fully saturated rings. The second kappa shape index (κ2) is 11.6. The van der Waals surface area contributed by atoms with Gasteiger partial charge in [-0.25, -0.2) is 4.79 Å². The third-order valence-corrected chi connectivity index (χ3v) is 7.12. The zero-order valence-corrected chi connectivity index (χ0v) is 22.4. The summed E-state index contributed by atoms with van der Waals surface area (Å²) in [5, 5.41) is 14.2. The first-order chi connectivity index (χ1) is 19.3. The smallest absolute Gasteiger partial charge is 0.351 e. The highest BCUT2D eigenvalue weighted by atomic mass is 16.7. The number of nitrogens with two attached hydrogens (primary N) is 1. The number of oxime groups is 1. The maximum absolute atomic E-state index is 12.5. The molecule has 0 aliphatic carbocycles. The normalized spacial score (nSPS) is 20.1. The third kappa shape index (κ3) is 5.22. The fourth-order valence-corrected chi connectivity index (χ4v) is 5.10. The van der Waals surface area contributed by atoms with Crippen LogP contribution >= 0.6 is 0 Å². The average Bonchev–Trinajstić information content (AvgIpc) is 3.59. The Kier molecular flexibility index (Phi) is 7.95. The highest BCUT2D eigenvalue weighted by molar-refractivity contribution is 6.09. The van der Waals surface area contributed by atoms with Gasteiger partial charge in [-0.05, 0) is 49.7 Å². The van der Waals surface area contributed by atoms with Gasteiger partial charge in [0, 0.05) is 35.1 Å². The molecule has 0 saturated carbocycles. The maximum Gasteiger partial charge on any atom is 0.351 e. The summed E-state index contributed by atoms with van der Waals surface area (Å²) in [4.78, 5) is 30.2. The first kappa shape index (κ1) is 27.5. The number of hydrogen-bond acceptors (Lipinski definition) is 11. The van der Waals surface area contributed by atoms with Gasteiger partial charge in [-0.3, -0.25) is 4.79 Å². The van der Waals surface area contributed by atoms with Crippen molar-refractivity contribution in [3.8, 4) is 23.0 Å². The lowest BCUT2D eigenvalue weighted by Gasteiger charge is -2.29. The molecule has 3 heterocycles. The highest BCUT2D eigenvalue weighted by Gasteiger charge is 2.44. The van der Waals surface area contributed by atoms with Crippen molar-refractivity contribution in [2.45, 2.75) is 50.9 Å². The number of methoxy groups -OCH3 is 1. The van der Waals surface area contributed by atoms with Crippen LogP contribution in [0.15, 0.2) is 41.6 Å². The number of fused-ring (bicyclic) bond motifs is 4. The molecule has 0 saturated heterocycles. The number of carbonyl (C=O) groups is 2. The van der Waals surface area contributed by atoms with E-state index in [1.165, 1.54) is 7.11 Å². The molecule has 2 unspecified atom stereocenters. The molecule has 0 aromatic heterocycles. The molecule has 0 amide bonds. The first-order valence-electron chi connectivity index (χ1n) is 13.1. The number of ether oxygens (including phenoxy) is 5. The van der Waals surface area contributed by atoms with Gasteiger partial charge in [0.05, 0.1) is 19.6 Å². The van der Waals surface area contributed by atoms with E-state index in [-0.39, 0.29) is 31.7 Å². The Morgan fingerprint density at radius 3 is 2.77 bits per heavy atom. The SMILES string of the molecule is C=C(C)[C@H]1Cc2c(ccc(C3=NOC4COc5cc(CO)c(OC)cc5C34)c2OCC(=O)OC(=O)CCCN)O1. The number of nitrogens with zero attached hydrogens (tertiary/aromatic N) is 1. The second-order valence-corrected chi connectivity index (χ2v) is 9.87. The lowest BCUT2D eigenvalue weighted by atomic mass is 9.83. The molecule has 3 N–H and O–H groups in total. The molecule has 11 nitrogen and oxygen atoms in total. The highest BCUT2D eigenvalue weighted by Crippen LogP contribution is 2.47. The van der Waals surface area contributed by atoms with Crippen LogP contribution in [0.25, 0.3) is 0 Å². The summed E-state index contributed by atoms with van der Waals surface area (Å²) in [5.74, 6) is 0.296. The minimum absolute atomic E-state index is 0.0442. The van der Waals surface area contributed by atoms with Crippen molar-refractivity contribution in [1.29, 1.82) is 0 Å². The molecule has 2 aromatic carbocycles. The predicted octanol–water partition coefficient (Wildman–Crippen LogP) is 2.53. The monoisotopic (exact) mass is 552 g/mol. The van der Waals surface area contributed by atoms with Crippen molar-refractivity contribution in [2.24, 2.45) is 10.9 Å². The van der Waals surface area contributed by atoms with Crippen molar-refractivity contribution in [3.63, 3.8) is 0 Å². The molecule has 0 spiro atoms.